The van der Waals surface area contributed by atoms with Crippen molar-refractivity contribution in [2.24, 2.45) is 5.41 Å². The van der Waals surface area contributed by atoms with Crippen LogP contribution >= 0.6 is 0 Å². The van der Waals surface area contributed by atoms with Gasteiger partial charge in [-0.15, -0.1) is 0 Å². The van der Waals surface area contributed by atoms with Crippen LogP contribution in [0.1, 0.15) is 59.3 Å². The Labute approximate surface area is 116 Å². The number of hydrogen-bond acceptors (Lipinski definition) is 4. The van der Waals surface area contributed by atoms with Crippen molar-refractivity contribution in [1.82, 2.24) is 0 Å². The van der Waals surface area contributed by atoms with Crippen molar-refractivity contribution >= 4 is 0 Å². The summed E-state index contributed by atoms with van der Waals surface area (Å²) >= 11 is 0. The van der Waals surface area contributed by atoms with Crippen molar-refractivity contribution in [1.29, 1.82) is 0 Å². The molecule has 2 fully saturated rings. The first-order valence-electron chi connectivity index (χ1n) is 7.54. The average molecular weight is 272 g/mol. The molecule has 0 aromatic heterocycles. The van der Waals surface area contributed by atoms with Gasteiger partial charge in [-0.1, -0.05) is 13.8 Å². The van der Waals surface area contributed by atoms with Crippen LogP contribution < -0.4 is 0 Å². The SMILES string of the molecule is CCOC(O)COC1CCC2(CCC(C)(C)CC2)O1. The predicted octanol–water partition coefficient (Wildman–Crippen LogP) is 2.83. The summed E-state index contributed by atoms with van der Waals surface area (Å²) < 4.78 is 16.8. The Balaban J connectivity index is 1.74. The summed E-state index contributed by atoms with van der Waals surface area (Å²) in [7, 11) is 0. The minimum absolute atomic E-state index is 0.0384. The zero-order valence-corrected chi connectivity index (χ0v) is 12.5. The van der Waals surface area contributed by atoms with E-state index in [9.17, 15) is 5.11 Å². The minimum atomic E-state index is -0.838. The van der Waals surface area contributed by atoms with Crippen LogP contribution in [-0.4, -0.2) is 36.5 Å². The quantitative estimate of drug-likeness (QED) is 0.782. The van der Waals surface area contributed by atoms with Gasteiger partial charge in [0, 0.05) is 13.0 Å². The van der Waals surface area contributed by atoms with E-state index in [-0.39, 0.29) is 18.5 Å². The molecule has 4 heteroatoms. The Kier molecular flexibility index (Phi) is 4.88. The maximum atomic E-state index is 9.48. The van der Waals surface area contributed by atoms with Crippen molar-refractivity contribution in [2.45, 2.75) is 77.5 Å². The van der Waals surface area contributed by atoms with Gasteiger partial charge < -0.3 is 19.3 Å². The molecular formula is C15H28O4. The molecule has 2 rings (SSSR count). The Morgan fingerprint density at radius 1 is 1.21 bits per heavy atom. The molecule has 1 aliphatic carbocycles. The largest absolute Gasteiger partial charge is 0.366 e. The van der Waals surface area contributed by atoms with E-state index in [0.29, 0.717) is 12.0 Å². The summed E-state index contributed by atoms with van der Waals surface area (Å²) in [5.74, 6) is 0. The molecule has 2 aliphatic rings. The molecule has 0 aromatic carbocycles. The molecule has 4 nitrogen and oxygen atoms in total. The first-order chi connectivity index (χ1) is 8.95. The Morgan fingerprint density at radius 2 is 1.89 bits per heavy atom. The first kappa shape index (κ1) is 15.2. The van der Waals surface area contributed by atoms with E-state index < -0.39 is 6.29 Å². The highest BCUT2D eigenvalue weighted by molar-refractivity contribution is 4.93. The van der Waals surface area contributed by atoms with Gasteiger partial charge in [-0.05, 0) is 44.4 Å². The maximum Gasteiger partial charge on any atom is 0.178 e. The van der Waals surface area contributed by atoms with Crippen LogP contribution in [0.2, 0.25) is 0 Å². The van der Waals surface area contributed by atoms with Crippen molar-refractivity contribution in [3.05, 3.63) is 0 Å². The van der Waals surface area contributed by atoms with E-state index in [0.717, 1.165) is 25.7 Å². The molecule has 1 N–H and O–H groups in total. The highest BCUT2D eigenvalue weighted by Crippen LogP contribution is 2.47. The van der Waals surface area contributed by atoms with Crippen molar-refractivity contribution in [3.8, 4) is 0 Å². The lowest BCUT2D eigenvalue weighted by atomic mass is 9.70. The second-order valence-electron chi connectivity index (χ2n) is 6.68. The van der Waals surface area contributed by atoms with E-state index in [1.54, 1.807) is 0 Å². The third-order valence-corrected chi connectivity index (χ3v) is 4.52. The summed E-state index contributed by atoms with van der Waals surface area (Å²) in [6.07, 6.45) is 5.72. The van der Waals surface area contributed by atoms with E-state index >= 15 is 0 Å². The fourth-order valence-corrected chi connectivity index (χ4v) is 3.08. The van der Waals surface area contributed by atoms with Crippen molar-refractivity contribution < 1.29 is 19.3 Å². The molecule has 19 heavy (non-hydrogen) atoms. The second-order valence-corrected chi connectivity index (χ2v) is 6.68. The molecule has 0 aromatic rings. The summed E-state index contributed by atoms with van der Waals surface area (Å²) in [6.45, 7) is 7.21. The van der Waals surface area contributed by atoms with Gasteiger partial charge in [-0.2, -0.15) is 0 Å². The van der Waals surface area contributed by atoms with Crippen LogP contribution in [0, 0.1) is 5.41 Å². The van der Waals surface area contributed by atoms with Gasteiger partial charge in [0.15, 0.2) is 12.6 Å². The number of aliphatic hydroxyl groups excluding tert-OH is 1. The fourth-order valence-electron chi connectivity index (χ4n) is 3.08. The van der Waals surface area contributed by atoms with Gasteiger partial charge in [0.1, 0.15) is 6.61 Å². The number of aliphatic hydroxyl groups is 1. The predicted molar refractivity (Wildman–Crippen MR) is 72.7 cm³/mol. The molecule has 0 bridgehead atoms. The molecule has 2 atom stereocenters. The van der Waals surface area contributed by atoms with E-state index in [1.807, 2.05) is 6.92 Å². The van der Waals surface area contributed by atoms with Crippen LogP contribution in [0.25, 0.3) is 0 Å². The number of ether oxygens (including phenoxy) is 3. The van der Waals surface area contributed by atoms with E-state index in [2.05, 4.69) is 13.8 Å². The first-order valence-corrected chi connectivity index (χ1v) is 7.54. The molecule has 1 aliphatic heterocycles. The standard InChI is InChI=1S/C15H28O4/c1-4-17-12(16)11-18-13-5-6-15(19-13)9-7-14(2,3)8-10-15/h12-13,16H,4-11H2,1-3H3. The molecule has 1 heterocycles. The Hall–Kier alpha value is -0.160. The van der Waals surface area contributed by atoms with Gasteiger partial charge in [0.2, 0.25) is 0 Å². The highest BCUT2D eigenvalue weighted by Gasteiger charge is 2.45. The lowest BCUT2D eigenvalue weighted by Gasteiger charge is -2.41. The van der Waals surface area contributed by atoms with Crippen molar-refractivity contribution in [3.63, 3.8) is 0 Å². The molecule has 1 saturated carbocycles. The number of rotatable bonds is 5. The molecule has 2 unspecified atom stereocenters. The third kappa shape index (κ3) is 4.15. The van der Waals surface area contributed by atoms with Gasteiger partial charge in [0.25, 0.3) is 0 Å². The van der Waals surface area contributed by atoms with Crippen LogP contribution in [0.3, 0.4) is 0 Å². The Morgan fingerprint density at radius 3 is 2.53 bits per heavy atom. The summed E-state index contributed by atoms with van der Waals surface area (Å²) in [5, 5.41) is 9.48. The van der Waals surface area contributed by atoms with Crippen LogP contribution in [-0.2, 0) is 14.2 Å². The Bertz CT molecular complexity index is 280. The lowest BCUT2D eigenvalue weighted by molar-refractivity contribution is -0.218. The zero-order valence-electron chi connectivity index (χ0n) is 12.5. The minimum Gasteiger partial charge on any atom is -0.366 e. The van der Waals surface area contributed by atoms with Crippen LogP contribution in [0.4, 0.5) is 0 Å². The summed E-state index contributed by atoms with van der Waals surface area (Å²) in [6, 6.07) is 0. The number of hydrogen-bond donors (Lipinski definition) is 1. The maximum absolute atomic E-state index is 9.48. The van der Waals surface area contributed by atoms with Gasteiger partial charge in [0.05, 0.1) is 5.60 Å². The van der Waals surface area contributed by atoms with Crippen molar-refractivity contribution in [2.75, 3.05) is 13.2 Å². The molecule has 0 amide bonds. The summed E-state index contributed by atoms with van der Waals surface area (Å²) in [5.41, 5.74) is 0.496. The molecular weight excluding hydrogens is 244 g/mol. The van der Waals surface area contributed by atoms with Gasteiger partial charge in [-0.3, -0.25) is 0 Å². The normalized spacial score (nSPS) is 30.6. The summed E-state index contributed by atoms with van der Waals surface area (Å²) in [4.78, 5) is 0. The van der Waals surface area contributed by atoms with E-state index in [4.69, 9.17) is 14.2 Å². The molecule has 1 spiro atoms. The molecule has 112 valence electrons. The monoisotopic (exact) mass is 272 g/mol. The lowest BCUT2D eigenvalue weighted by Crippen LogP contribution is -2.37. The molecule has 1 saturated heterocycles. The molecule has 0 radical (unpaired) electrons. The zero-order chi connectivity index (χ0) is 13.9. The van der Waals surface area contributed by atoms with Crippen LogP contribution in [0.5, 0.6) is 0 Å². The average Bonchev–Trinajstić information content (AvgIpc) is 2.76. The third-order valence-electron chi connectivity index (χ3n) is 4.52. The topological polar surface area (TPSA) is 47.9 Å². The van der Waals surface area contributed by atoms with Gasteiger partial charge in [-0.25, -0.2) is 0 Å². The smallest absolute Gasteiger partial charge is 0.178 e. The fraction of sp³-hybridized carbons (Fsp3) is 1.00. The highest BCUT2D eigenvalue weighted by atomic mass is 16.7. The van der Waals surface area contributed by atoms with Crippen LogP contribution in [0.15, 0.2) is 0 Å². The van der Waals surface area contributed by atoms with E-state index in [1.165, 1.54) is 12.8 Å². The van der Waals surface area contributed by atoms with Gasteiger partial charge >= 0.3 is 0 Å². The second kappa shape index (κ2) is 6.08.